The van der Waals surface area contributed by atoms with Crippen molar-refractivity contribution in [2.75, 3.05) is 0 Å². The quantitative estimate of drug-likeness (QED) is 0.608. The number of aromatic nitrogens is 1. The maximum Gasteiger partial charge on any atom is 0.0708 e. The van der Waals surface area contributed by atoms with Crippen LogP contribution in [0.5, 0.6) is 0 Å². The van der Waals surface area contributed by atoms with Crippen molar-refractivity contribution in [3.05, 3.63) is 65.9 Å². The average molecular weight is 275 g/mol. The maximum absolute atomic E-state index is 4.52. The molecule has 0 N–H and O–H groups in total. The Bertz CT molecular complexity index is 759. The second-order valence-electron chi connectivity index (χ2n) is 5.63. The molecule has 0 fully saturated rings. The molecule has 0 amide bonds. The Hall–Kier alpha value is -2.15. The smallest absolute Gasteiger partial charge is 0.0708 e. The number of unbranched alkanes of at least 4 members (excludes halogenated alkanes) is 1. The first-order valence-electron chi connectivity index (χ1n) is 7.73. The topological polar surface area (TPSA) is 12.9 Å². The Kier molecular flexibility index (Phi) is 4.01. The number of benzene rings is 2. The van der Waals surface area contributed by atoms with Gasteiger partial charge in [-0.25, -0.2) is 0 Å². The van der Waals surface area contributed by atoms with E-state index in [1.165, 1.54) is 40.5 Å². The number of fused-ring (bicyclic) bond motifs is 1. The fraction of sp³-hybridized carbons (Fsp3) is 0.250. The van der Waals surface area contributed by atoms with Crippen molar-refractivity contribution in [2.45, 2.75) is 33.1 Å². The summed E-state index contributed by atoms with van der Waals surface area (Å²) in [6, 6.07) is 17.4. The highest BCUT2D eigenvalue weighted by Crippen LogP contribution is 2.30. The molecule has 1 nitrogen and oxygen atoms in total. The van der Waals surface area contributed by atoms with Crippen LogP contribution in [0.1, 0.15) is 30.9 Å². The summed E-state index contributed by atoms with van der Waals surface area (Å²) in [7, 11) is 0. The standard InChI is InChI=1S/C20H21N/c1-3-4-8-16-10-11-20-19(14-16)18(12-13-21-20)17-9-6-5-7-15(17)2/h5-7,9-14H,3-4,8H2,1-2H3. The van der Waals surface area contributed by atoms with E-state index in [0.717, 1.165) is 11.9 Å². The Balaban J connectivity index is 2.16. The molecule has 0 saturated carbocycles. The Morgan fingerprint density at radius 3 is 2.62 bits per heavy atom. The lowest BCUT2D eigenvalue weighted by Gasteiger charge is -2.10. The summed E-state index contributed by atoms with van der Waals surface area (Å²) in [6.07, 6.45) is 5.53. The second kappa shape index (κ2) is 6.09. The van der Waals surface area contributed by atoms with Crippen molar-refractivity contribution in [1.29, 1.82) is 0 Å². The molecular weight excluding hydrogens is 254 g/mol. The molecule has 0 spiro atoms. The molecule has 0 aliphatic heterocycles. The zero-order valence-corrected chi connectivity index (χ0v) is 12.8. The molecule has 1 heterocycles. The van der Waals surface area contributed by atoms with E-state index >= 15 is 0 Å². The lowest BCUT2D eigenvalue weighted by Crippen LogP contribution is -1.90. The maximum atomic E-state index is 4.52. The van der Waals surface area contributed by atoms with Crippen LogP contribution in [-0.4, -0.2) is 4.98 Å². The van der Waals surface area contributed by atoms with Crippen LogP contribution in [0, 0.1) is 6.92 Å². The SMILES string of the molecule is CCCCc1ccc2nccc(-c3ccccc3C)c2c1. The number of aryl methyl sites for hydroxylation is 2. The first-order valence-corrected chi connectivity index (χ1v) is 7.73. The van der Waals surface area contributed by atoms with E-state index in [9.17, 15) is 0 Å². The fourth-order valence-electron chi connectivity index (χ4n) is 2.84. The number of hydrogen-bond acceptors (Lipinski definition) is 1. The van der Waals surface area contributed by atoms with Crippen LogP contribution in [0.15, 0.2) is 54.7 Å². The third-order valence-corrected chi connectivity index (χ3v) is 4.06. The molecule has 0 aliphatic carbocycles. The molecule has 0 bridgehead atoms. The van der Waals surface area contributed by atoms with Gasteiger partial charge in [0.05, 0.1) is 5.52 Å². The lowest BCUT2D eigenvalue weighted by atomic mass is 9.96. The zero-order valence-electron chi connectivity index (χ0n) is 12.8. The van der Waals surface area contributed by atoms with E-state index in [1.807, 2.05) is 6.20 Å². The first-order chi connectivity index (χ1) is 10.3. The molecule has 3 aromatic rings. The van der Waals surface area contributed by atoms with Crippen LogP contribution in [0.25, 0.3) is 22.0 Å². The molecule has 0 radical (unpaired) electrons. The summed E-state index contributed by atoms with van der Waals surface area (Å²) in [5.41, 5.74) is 6.39. The summed E-state index contributed by atoms with van der Waals surface area (Å²) in [6.45, 7) is 4.41. The molecule has 106 valence electrons. The van der Waals surface area contributed by atoms with Crippen LogP contribution in [0.2, 0.25) is 0 Å². The van der Waals surface area contributed by atoms with Gasteiger partial charge in [-0.2, -0.15) is 0 Å². The summed E-state index contributed by atoms with van der Waals surface area (Å²) < 4.78 is 0. The summed E-state index contributed by atoms with van der Waals surface area (Å²) in [5.74, 6) is 0. The van der Waals surface area contributed by atoms with Gasteiger partial charge in [-0.05, 0) is 60.2 Å². The van der Waals surface area contributed by atoms with Gasteiger partial charge in [-0.15, -0.1) is 0 Å². The van der Waals surface area contributed by atoms with E-state index in [-0.39, 0.29) is 0 Å². The highest BCUT2D eigenvalue weighted by atomic mass is 14.6. The molecule has 0 unspecified atom stereocenters. The van der Waals surface area contributed by atoms with E-state index in [1.54, 1.807) is 0 Å². The van der Waals surface area contributed by atoms with Gasteiger partial charge in [-0.3, -0.25) is 4.98 Å². The molecule has 2 aromatic carbocycles. The lowest BCUT2D eigenvalue weighted by molar-refractivity contribution is 0.796. The monoisotopic (exact) mass is 275 g/mol. The summed E-state index contributed by atoms with van der Waals surface area (Å²) in [4.78, 5) is 4.52. The largest absolute Gasteiger partial charge is 0.256 e. The molecule has 3 rings (SSSR count). The van der Waals surface area contributed by atoms with Crippen molar-refractivity contribution in [3.8, 4) is 11.1 Å². The molecule has 0 saturated heterocycles. The van der Waals surface area contributed by atoms with Gasteiger partial charge in [0.25, 0.3) is 0 Å². The van der Waals surface area contributed by atoms with Gasteiger partial charge in [-0.1, -0.05) is 43.7 Å². The van der Waals surface area contributed by atoms with Crippen molar-refractivity contribution >= 4 is 10.9 Å². The number of rotatable bonds is 4. The molecule has 1 aromatic heterocycles. The average Bonchev–Trinajstić information content (AvgIpc) is 2.53. The summed E-state index contributed by atoms with van der Waals surface area (Å²) >= 11 is 0. The van der Waals surface area contributed by atoms with Gasteiger partial charge < -0.3 is 0 Å². The molecule has 0 aliphatic rings. The highest BCUT2D eigenvalue weighted by molar-refractivity contribution is 5.95. The third-order valence-electron chi connectivity index (χ3n) is 4.06. The fourth-order valence-corrected chi connectivity index (χ4v) is 2.84. The molecule has 0 atom stereocenters. The van der Waals surface area contributed by atoms with Crippen molar-refractivity contribution < 1.29 is 0 Å². The van der Waals surface area contributed by atoms with E-state index in [2.05, 4.69) is 67.4 Å². The van der Waals surface area contributed by atoms with Gasteiger partial charge in [0.15, 0.2) is 0 Å². The Morgan fingerprint density at radius 1 is 0.952 bits per heavy atom. The number of pyridine rings is 1. The van der Waals surface area contributed by atoms with Crippen LogP contribution in [0.4, 0.5) is 0 Å². The minimum absolute atomic E-state index is 1.08. The number of nitrogens with zero attached hydrogens (tertiary/aromatic N) is 1. The van der Waals surface area contributed by atoms with Gasteiger partial charge in [0.2, 0.25) is 0 Å². The zero-order chi connectivity index (χ0) is 14.7. The van der Waals surface area contributed by atoms with E-state index in [4.69, 9.17) is 0 Å². The first kappa shape index (κ1) is 13.8. The van der Waals surface area contributed by atoms with Crippen LogP contribution in [0.3, 0.4) is 0 Å². The number of hydrogen-bond donors (Lipinski definition) is 0. The van der Waals surface area contributed by atoms with Crippen LogP contribution in [-0.2, 0) is 6.42 Å². The van der Waals surface area contributed by atoms with Crippen molar-refractivity contribution in [2.24, 2.45) is 0 Å². The van der Waals surface area contributed by atoms with Gasteiger partial charge >= 0.3 is 0 Å². The van der Waals surface area contributed by atoms with Crippen LogP contribution < -0.4 is 0 Å². The van der Waals surface area contributed by atoms with Gasteiger partial charge in [0, 0.05) is 11.6 Å². The molecular formula is C20H21N. The molecule has 1 heteroatoms. The van der Waals surface area contributed by atoms with Crippen LogP contribution >= 0.6 is 0 Å². The predicted molar refractivity (Wildman–Crippen MR) is 90.5 cm³/mol. The van der Waals surface area contributed by atoms with E-state index < -0.39 is 0 Å². The highest BCUT2D eigenvalue weighted by Gasteiger charge is 2.07. The Labute approximate surface area is 126 Å². The Morgan fingerprint density at radius 2 is 1.81 bits per heavy atom. The summed E-state index contributed by atoms with van der Waals surface area (Å²) in [5, 5.41) is 1.26. The third kappa shape index (κ3) is 2.82. The van der Waals surface area contributed by atoms with Crippen molar-refractivity contribution in [1.82, 2.24) is 4.98 Å². The minimum atomic E-state index is 1.08. The van der Waals surface area contributed by atoms with E-state index in [0.29, 0.717) is 0 Å². The van der Waals surface area contributed by atoms with Gasteiger partial charge in [0.1, 0.15) is 0 Å². The predicted octanol–water partition coefficient (Wildman–Crippen LogP) is 5.55. The normalized spacial score (nSPS) is 11.0. The minimum Gasteiger partial charge on any atom is -0.256 e. The van der Waals surface area contributed by atoms with Crippen molar-refractivity contribution in [3.63, 3.8) is 0 Å². The molecule has 21 heavy (non-hydrogen) atoms. The second-order valence-corrected chi connectivity index (χ2v) is 5.63.